The third-order valence-corrected chi connectivity index (χ3v) is 5.69. The highest BCUT2D eigenvalue weighted by atomic mass is 35.5. The number of halogens is 2. The molecular weight excluding hydrogens is 331 g/mol. The zero-order valence-corrected chi connectivity index (χ0v) is 13.4. The molecule has 0 aliphatic rings. The van der Waals surface area contributed by atoms with Crippen molar-refractivity contribution < 1.29 is 0 Å². The summed E-state index contributed by atoms with van der Waals surface area (Å²) < 4.78 is 2.08. The van der Waals surface area contributed by atoms with E-state index in [1.54, 1.807) is 23.1 Å². The van der Waals surface area contributed by atoms with Crippen LogP contribution >= 0.6 is 46.3 Å². The number of rotatable bonds is 3. The lowest BCUT2D eigenvalue weighted by Gasteiger charge is -2.04. The smallest absolute Gasteiger partial charge is 0.151 e. The zero-order chi connectivity index (χ0) is 14.1. The summed E-state index contributed by atoms with van der Waals surface area (Å²) in [6.07, 6.45) is 0. The van der Waals surface area contributed by atoms with Crippen molar-refractivity contribution in [3.63, 3.8) is 0 Å². The molecule has 0 atom stereocenters. The van der Waals surface area contributed by atoms with Gasteiger partial charge in [-0.1, -0.05) is 41.0 Å². The van der Waals surface area contributed by atoms with Crippen molar-refractivity contribution in [3.8, 4) is 0 Å². The van der Waals surface area contributed by atoms with Crippen LogP contribution in [0.5, 0.6) is 0 Å². The SMILES string of the molecule is Nc1ccc2nc(SCc3c(Cl)cccc3Cl)sc2c1. The van der Waals surface area contributed by atoms with Gasteiger partial charge in [-0.15, -0.1) is 11.3 Å². The number of nitrogen functional groups attached to an aromatic ring is 1. The number of anilines is 1. The first-order valence-corrected chi connectivity index (χ1v) is 8.41. The molecule has 0 aliphatic heterocycles. The van der Waals surface area contributed by atoms with Crippen molar-refractivity contribution in [3.05, 3.63) is 52.0 Å². The van der Waals surface area contributed by atoms with E-state index in [1.165, 1.54) is 0 Å². The Morgan fingerprint density at radius 3 is 2.65 bits per heavy atom. The third kappa shape index (κ3) is 2.88. The van der Waals surface area contributed by atoms with Crippen LogP contribution in [0.15, 0.2) is 40.7 Å². The van der Waals surface area contributed by atoms with Crippen LogP contribution in [-0.2, 0) is 5.75 Å². The lowest BCUT2D eigenvalue weighted by atomic mass is 10.2. The van der Waals surface area contributed by atoms with E-state index in [0.29, 0.717) is 15.8 Å². The fraction of sp³-hybridized carbons (Fsp3) is 0.0714. The van der Waals surface area contributed by atoms with Gasteiger partial charge in [-0.2, -0.15) is 0 Å². The molecule has 0 bridgehead atoms. The Labute approximate surface area is 134 Å². The van der Waals surface area contributed by atoms with Gasteiger partial charge >= 0.3 is 0 Å². The maximum absolute atomic E-state index is 6.16. The van der Waals surface area contributed by atoms with Gasteiger partial charge in [0.25, 0.3) is 0 Å². The normalized spacial score (nSPS) is 11.1. The molecule has 0 aliphatic carbocycles. The van der Waals surface area contributed by atoms with Gasteiger partial charge in [0.15, 0.2) is 4.34 Å². The van der Waals surface area contributed by atoms with E-state index >= 15 is 0 Å². The molecule has 0 saturated heterocycles. The first-order valence-electron chi connectivity index (χ1n) is 5.85. The Balaban J connectivity index is 1.83. The van der Waals surface area contributed by atoms with Gasteiger partial charge in [0, 0.05) is 21.5 Å². The molecule has 3 rings (SSSR count). The van der Waals surface area contributed by atoms with E-state index in [2.05, 4.69) is 4.98 Å². The number of fused-ring (bicyclic) bond motifs is 1. The predicted molar refractivity (Wildman–Crippen MR) is 90.1 cm³/mol. The number of hydrogen-bond acceptors (Lipinski definition) is 4. The quantitative estimate of drug-likeness (QED) is 0.507. The molecule has 3 aromatic rings. The van der Waals surface area contributed by atoms with E-state index in [9.17, 15) is 0 Å². The first-order chi connectivity index (χ1) is 9.63. The number of nitrogens with zero attached hydrogens (tertiary/aromatic N) is 1. The van der Waals surface area contributed by atoms with E-state index in [-0.39, 0.29) is 0 Å². The summed E-state index contributed by atoms with van der Waals surface area (Å²) in [6, 6.07) is 11.3. The van der Waals surface area contributed by atoms with E-state index in [1.807, 2.05) is 36.4 Å². The van der Waals surface area contributed by atoms with Gasteiger partial charge in [0.05, 0.1) is 10.2 Å². The average molecular weight is 341 g/mol. The summed E-state index contributed by atoms with van der Waals surface area (Å²) in [4.78, 5) is 4.57. The zero-order valence-electron chi connectivity index (χ0n) is 10.3. The molecule has 102 valence electrons. The van der Waals surface area contributed by atoms with Gasteiger partial charge in [0.2, 0.25) is 0 Å². The Bertz CT molecular complexity index is 751. The van der Waals surface area contributed by atoms with E-state index < -0.39 is 0 Å². The van der Waals surface area contributed by atoms with Crippen molar-refractivity contribution in [2.75, 3.05) is 5.73 Å². The summed E-state index contributed by atoms with van der Waals surface area (Å²) in [5.41, 5.74) is 8.44. The third-order valence-electron chi connectivity index (χ3n) is 2.79. The number of hydrogen-bond donors (Lipinski definition) is 1. The van der Waals surface area contributed by atoms with Crippen LogP contribution in [0.25, 0.3) is 10.2 Å². The predicted octanol–water partition coefficient (Wildman–Crippen LogP) is 5.48. The lowest BCUT2D eigenvalue weighted by Crippen LogP contribution is -1.84. The highest BCUT2D eigenvalue weighted by molar-refractivity contribution is 8.00. The largest absolute Gasteiger partial charge is 0.399 e. The van der Waals surface area contributed by atoms with Crippen molar-refractivity contribution in [1.82, 2.24) is 4.98 Å². The molecule has 2 aromatic carbocycles. The lowest BCUT2D eigenvalue weighted by molar-refractivity contribution is 1.29. The Morgan fingerprint density at radius 2 is 1.90 bits per heavy atom. The Morgan fingerprint density at radius 1 is 1.15 bits per heavy atom. The number of nitrogens with two attached hydrogens (primary N) is 1. The van der Waals surface area contributed by atoms with Crippen LogP contribution in [0.4, 0.5) is 5.69 Å². The van der Waals surface area contributed by atoms with E-state index in [0.717, 1.165) is 25.8 Å². The van der Waals surface area contributed by atoms with Crippen molar-refractivity contribution >= 4 is 62.2 Å². The van der Waals surface area contributed by atoms with Gasteiger partial charge in [0.1, 0.15) is 0 Å². The molecule has 6 heteroatoms. The molecule has 0 radical (unpaired) electrons. The van der Waals surface area contributed by atoms with Crippen LogP contribution in [-0.4, -0.2) is 4.98 Å². The van der Waals surface area contributed by atoms with Crippen LogP contribution in [0, 0.1) is 0 Å². The van der Waals surface area contributed by atoms with Gasteiger partial charge < -0.3 is 5.73 Å². The Kier molecular flexibility index (Phi) is 4.08. The summed E-state index contributed by atoms with van der Waals surface area (Å²) in [6.45, 7) is 0. The van der Waals surface area contributed by atoms with Crippen LogP contribution in [0.2, 0.25) is 10.0 Å². The van der Waals surface area contributed by atoms with Crippen molar-refractivity contribution in [1.29, 1.82) is 0 Å². The number of aromatic nitrogens is 1. The average Bonchev–Trinajstić information content (AvgIpc) is 2.80. The molecule has 0 amide bonds. The molecule has 1 heterocycles. The fourth-order valence-corrected chi connectivity index (χ4v) is 4.64. The molecule has 2 nitrogen and oxygen atoms in total. The highest BCUT2D eigenvalue weighted by Gasteiger charge is 2.09. The molecular formula is C14H10Cl2N2S2. The Hall–Kier alpha value is -0.940. The summed E-state index contributed by atoms with van der Waals surface area (Å²) in [5.74, 6) is 0.702. The second-order valence-electron chi connectivity index (χ2n) is 4.20. The minimum absolute atomic E-state index is 0.690. The molecule has 20 heavy (non-hydrogen) atoms. The second-order valence-corrected chi connectivity index (χ2v) is 7.26. The molecule has 0 fully saturated rings. The molecule has 0 saturated carbocycles. The highest BCUT2D eigenvalue weighted by Crippen LogP contribution is 2.35. The van der Waals surface area contributed by atoms with Crippen LogP contribution < -0.4 is 5.73 Å². The van der Waals surface area contributed by atoms with Gasteiger partial charge in [-0.3, -0.25) is 0 Å². The minimum atomic E-state index is 0.690. The van der Waals surface area contributed by atoms with Gasteiger partial charge in [-0.05, 0) is 35.9 Å². The summed E-state index contributed by atoms with van der Waals surface area (Å²) in [7, 11) is 0. The maximum atomic E-state index is 6.16. The second kappa shape index (κ2) is 5.82. The van der Waals surface area contributed by atoms with Crippen LogP contribution in [0.3, 0.4) is 0 Å². The topological polar surface area (TPSA) is 38.9 Å². The fourth-order valence-electron chi connectivity index (χ4n) is 1.79. The number of thiazole rings is 1. The minimum Gasteiger partial charge on any atom is -0.399 e. The molecule has 0 unspecified atom stereocenters. The number of benzene rings is 2. The summed E-state index contributed by atoms with van der Waals surface area (Å²) in [5, 5.41) is 1.38. The molecule has 2 N–H and O–H groups in total. The van der Waals surface area contributed by atoms with Gasteiger partial charge in [-0.25, -0.2) is 4.98 Å². The standard InChI is InChI=1S/C14H10Cl2N2S2/c15-10-2-1-3-11(16)9(10)7-19-14-18-12-5-4-8(17)6-13(12)20-14/h1-6H,7,17H2. The molecule has 1 aromatic heterocycles. The summed E-state index contributed by atoms with van der Waals surface area (Å²) >= 11 is 15.6. The monoisotopic (exact) mass is 340 g/mol. The maximum Gasteiger partial charge on any atom is 0.151 e. The first kappa shape index (κ1) is 14.0. The number of thioether (sulfide) groups is 1. The molecule has 0 spiro atoms. The van der Waals surface area contributed by atoms with Crippen LogP contribution in [0.1, 0.15) is 5.56 Å². The van der Waals surface area contributed by atoms with Crippen molar-refractivity contribution in [2.45, 2.75) is 10.1 Å². The van der Waals surface area contributed by atoms with E-state index in [4.69, 9.17) is 28.9 Å². The van der Waals surface area contributed by atoms with Crippen molar-refractivity contribution in [2.24, 2.45) is 0 Å².